The molecule has 1 atom stereocenters. The Labute approximate surface area is 191 Å². The maximum Gasteiger partial charge on any atom is 0.252 e. The molecule has 0 saturated heterocycles. The standard InChI is InChI=1S/C27H24FN3O2/c1-27(26(29)33,16-18-7-3-2-4-8-18)31-25(32)23-10-6-5-9-22(23)24-15-20(17-30-24)19-11-13-21(28)14-12-19/h2-15H,16-17H2,1H3,(H2,29,33)(H,31,32)/t27-/m0/s1. The van der Waals surface area contributed by atoms with Crippen LogP contribution in [0.25, 0.3) is 5.57 Å². The van der Waals surface area contributed by atoms with Gasteiger partial charge >= 0.3 is 0 Å². The van der Waals surface area contributed by atoms with Gasteiger partial charge in [-0.3, -0.25) is 14.6 Å². The zero-order chi connectivity index (χ0) is 23.4. The molecule has 2 amide bonds. The largest absolute Gasteiger partial charge is 0.368 e. The Morgan fingerprint density at radius 1 is 1.00 bits per heavy atom. The fourth-order valence-corrected chi connectivity index (χ4v) is 3.85. The van der Waals surface area contributed by atoms with Crippen LogP contribution in [0.2, 0.25) is 0 Å². The number of aliphatic imine (C=N–C) groups is 1. The van der Waals surface area contributed by atoms with Crippen molar-refractivity contribution in [3.05, 3.63) is 113 Å². The summed E-state index contributed by atoms with van der Waals surface area (Å²) >= 11 is 0. The second kappa shape index (κ2) is 9.20. The van der Waals surface area contributed by atoms with Gasteiger partial charge in [0.25, 0.3) is 5.91 Å². The highest BCUT2D eigenvalue weighted by molar-refractivity contribution is 6.19. The Kier molecular flexibility index (Phi) is 6.18. The van der Waals surface area contributed by atoms with Gasteiger partial charge < -0.3 is 11.1 Å². The minimum Gasteiger partial charge on any atom is -0.368 e. The average molecular weight is 442 g/mol. The fourth-order valence-electron chi connectivity index (χ4n) is 3.85. The fraction of sp³-hybridized carbons (Fsp3) is 0.148. The van der Waals surface area contributed by atoms with Crippen LogP contribution >= 0.6 is 0 Å². The molecule has 1 aliphatic rings. The molecule has 0 spiro atoms. The molecule has 3 aromatic rings. The van der Waals surface area contributed by atoms with Gasteiger partial charge in [0.2, 0.25) is 5.91 Å². The lowest BCUT2D eigenvalue weighted by atomic mass is 9.91. The predicted molar refractivity (Wildman–Crippen MR) is 127 cm³/mol. The first kappa shape index (κ1) is 22.1. The second-order valence-corrected chi connectivity index (χ2v) is 8.24. The van der Waals surface area contributed by atoms with Gasteiger partial charge in [-0.2, -0.15) is 0 Å². The lowest BCUT2D eigenvalue weighted by Crippen LogP contribution is -2.57. The highest BCUT2D eigenvalue weighted by Gasteiger charge is 2.34. The summed E-state index contributed by atoms with van der Waals surface area (Å²) in [5.41, 5.74) is 8.82. The number of hydrogen-bond donors (Lipinski definition) is 2. The van der Waals surface area contributed by atoms with Crippen molar-refractivity contribution in [3.8, 4) is 0 Å². The van der Waals surface area contributed by atoms with Crippen molar-refractivity contribution >= 4 is 23.1 Å². The van der Waals surface area contributed by atoms with Crippen LogP contribution in [0.5, 0.6) is 0 Å². The Hall–Kier alpha value is -4.06. The number of nitrogens with one attached hydrogen (secondary N) is 1. The molecule has 4 rings (SSSR count). The third-order valence-corrected chi connectivity index (χ3v) is 5.73. The molecule has 0 radical (unpaired) electrons. The molecular weight excluding hydrogens is 417 g/mol. The van der Waals surface area contributed by atoms with E-state index < -0.39 is 17.4 Å². The molecule has 6 heteroatoms. The van der Waals surface area contributed by atoms with Crippen LogP contribution in [0.3, 0.4) is 0 Å². The van der Waals surface area contributed by atoms with E-state index in [2.05, 4.69) is 10.3 Å². The highest BCUT2D eigenvalue weighted by Crippen LogP contribution is 2.24. The number of carbonyl (C=O) groups is 2. The maximum atomic E-state index is 13.3. The van der Waals surface area contributed by atoms with E-state index in [1.54, 1.807) is 31.2 Å². The van der Waals surface area contributed by atoms with Gasteiger partial charge in [-0.1, -0.05) is 60.7 Å². The summed E-state index contributed by atoms with van der Waals surface area (Å²) in [7, 11) is 0. The summed E-state index contributed by atoms with van der Waals surface area (Å²) in [6.45, 7) is 2.06. The van der Waals surface area contributed by atoms with E-state index in [0.717, 1.165) is 16.7 Å². The molecule has 1 aliphatic heterocycles. The van der Waals surface area contributed by atoms with Crippen LogP contribution < -0.4 is 11.1 Å². The minimum absolute atomic E-state index is 0.270. The third-order valence-electron chi connectivity index (χ3n) is 5.73. The highest BCUT2D eigenvalue weighted by atomic mass is 19.1. The maximum absolute atomic E-state index is 13.3. The van der Waals surface area contributed by atoms with Gasteiger partial charge in [-0.05, 0) is 47.9 Å². The zero-order valence-electron chi connectivity index (χ0n) is 18.2. The quantitative estimate of drug-likeness (QED) is 0.582. The molecule has 3 N–H and O–H groups in total. The summed E-state index contributed by atoms with van der Waals surface area (Å²) in [6, 6.07) is 22.7. The summed E-state index contributed by atoms with van der Waals surface area (Å²) in [6.07, 6.45) is 2.17. The van der Waals surface area contributed by atoms with Crippen LogP contribution in [0.1, 0.15) is 34.0 Å². The normalized spacial score (nSPS) is 14.7. The number of amides is 2. The van der Waals surface area contributed by atoms with Gasteiger partial charge in [-0.15, -0.1) is 0 Å². The van der Waals surface area contributed by atoms with Crippen molar-refractivity contribution in [1.29, 1.82) is 0 Å². The van der Waals surface area contributed by atoms with E-state index in [9.17, 15) is 14.0 Å². The molecular formula is C27H24FN3O2. The SMILES string of the molecule is C[C@@](Cc1ccccc1)(NC(=O)c1ccccc1C1=NCC(c2ccc(F)cc2)=C1)C(N)=O. The van der Waals surface area contributed by atoms with Crippen molar-refractivity contribution in [2.45, 2.75) is 18.9 Å². The lowest BCUT2D eigenvalue weighted by Gasteiger charge is -2.28. The minimum atomic E-state index is -1.27. The van der Waals surface area contributed by atoms with E-state index in [0.29, 0.717) is 23.4 Å². The first-order valence-electron chi connectivity index (χ1n) is 10.6. The molecule has 1 heterocycles. The van der Waals surface area contributed by atoms with Crippen LogP contribution in [-0.4, -0.2) is 29.6 Å². The first-order chi connectivity index (χ1) is 15.9. The van der Waals surface area contributed by atoms with Gasteiger partial charge in [0.15, 0.2) is 0 Å². The molecule has 3 aromatic carbocycles. The smallest absolute Gasteiger partial charge is 0.252 e. The van der Waals surface area contributed by atoms with Gasteiger partial charge in [0.05, 0.1) is 12.3 Å². The molecule has 5 nitrogen and oxygen atoms in total. The van der Waals surface area contributed by atoms with E-state index in [1.807, 2.05) is 48.5 Å². The van der Waals surface area contributed by atoms with Gasteiger partial charge in [0.1, 0.15) is 11.4 Å². The van der Waals surface area contributed by atoms with Crippen molar-refractivity contribution < 1.29 is 14.0 Å². The molecule has 0 saturated carbocycles. The monoisotopic (exact) mass is 441 g/mol. The summed E-state index contributed by atoms with van der Waals surface area (Å²) in [5, 5.41) is 2.84. The Morgan fingerprint density at radius 2 is 1.67 bits per heavy atom. The van der Waals surface area contributed by atoms with Crippen molar-refractivity contribution in [1.82, 2.24) is 5.32 Å². The zero-order valence-corrected chi connectivity index (χ0v) is 18.2. The van der Waals surface area contributed by atoms with Gasteiger partial charge in [0, 0.05) is 17.5 Å². The molecule has 0 aromatic heterocycles. The van der Waals surface area contributed by atoms with E-state index in [-0.39, 0.29) is 12.2 Å². The number of hydrogen-bond acceptors (Lipinski definition) is 3. The van der Waals surface area contributed by atoms with E-state index in [1.165, 1.54) is 12.1 Å². The van der Waals surface area contributed by atoms with Crippen molar-refractivity contribution in [2.24, 2.45) is 10.7 Å². The van der Waals surface area contributed by atoms with E-state index >= 15 is 0 Å². The first-order valence-corrected chi connectivity index (χ1v) is 10.6. The summed E-state index contributed by atoms with van der Waals surface area (Å²) < 4.78 is 13.3. The number of nitrogens with two attached hydrogens (primary N) is 1. The molecule has 0 unspecified atom stereocenters. The second-order valence-electron chi connectivity index (χ2n) is 8.24. The van der Waals surface area contributed by atoms with Crippen LogP contribution in [0.4, 0.5) is 4.39 Å². The van der Waals surface area contributed by atoms with Crippen LogP contribution in [-0.2, 0) is 11.2 Å². The number of nitrogens with zero attached hydrogens (tertiary/aromatic N) is 1. The van der Waals surface area contributed by atoms with E-state index in [4.69, 9.17) is 5.73 Å². The number of primary amides is 1. The number of benzene rings is 3. The Balaban J connectivity index is 1.60. The predicted octanol–water partition coefficient (Wildman–Crippen LogP) is 3.93. The van der Waals surface area contributed by atoms with Crippen molar-refractivity contribution in [2.75, 3.05) is 6.54 Å². The number of carbonyl (C=O) groups excluding carboxylic acids is 2. The van der Waals surface area contributed by atoms with Crippen LogP contribution in [0, 0.1) is 5.82 Å². The lowest BCUT2D eigenvalue weighted by molar-refractivity contribution is -0.123. The summed E-state index contributed by atoms with van der Waals surface area (Å²) in [5.74, 6) is -1.32. The molecule has 33 heavy (non-hydrogen) atoms. The average Bonchev–Trinajstić information content (AvgIpc) is 3.30. The van der Waals surface area contributed by atoms with Crippen LogP contribution in [0.15, 0.2) is 89.9 Å². The topological polar surface area (TPSA) is 84.6 Å². The molecule has 0 aliphatic carbocycles. The molecule has 166 valence electrons. The number of allylic oxidation sites excluding steroid dienone is 1. The van der Waals surface area contributed by atoms with Crippen molar-refractivity contribution in [3.63, 3.8) is 0 Å². The molecule has 0 fully saturated rings. The number of rotatable bonds is 7. The number of halogens is 1. The Bertz CT molecular complexity index is 1250. The molecule has 0 bridgehead atoms. The summed E-state index contributed by atoms with van der Waals surface area (Å²) in [4.78, 5) is 30.2. The third kappa shape index (κ3) is 4.90. The Morgan fingerprint density at radius 3 is 2.36 bits per heavy atom. The van der Waals surface area contributed by atoms with Gasteiger partial charge in [-0.25, -0.2) is 4.39 Å².